The van der Waals surface area contributed by atoms with Gasteiger partial charge in [-0.2, -0.15) is 0 Å². The van der Waals surface area contributed by atoms with Gasteiger partial charge in [0.15, 0.2) is 5.16 Å². The number of ether oxygens (including phenoxy) is 1. The predicted octanol–water partition coefficient (Wildman–Crippen LogP) is -0.735. The van der Waals surface area contributed by atoms with E-state index in [0.29, 0.717) is 18.8 Å². The van der Waals surface area contributed by atoms with E-state index in [-0.39, 0.29) is 12.0 Å². The van der Waals surface area contributed by atoms with Gasteiger partial charge in [0.2, 0.25) is 5.91 Å². The predicted molar refractivity (Wildman–Crippen MR) is 89.4 cm³/mol. The topological polar surface area (TPSA) is 87.5 Å². The molecular formula is C15H28N5O2S+. The maximum Gasteiger partial charge on any atom is 0.217 e. The first kappa shape index (κ1) is 18.2. The minimum atomic E-state index is -0.314. The Kier molecular flexibility index (Phi) is 6.86. The first-order chi connectivity index (χ1) is 11.0. The number of hydrogen-bond acceptors (Lipinski definition) is 5. The molecule has 1 amide bonds. The van der Waals surface area contributed by atoms with Crippen molar-refractivity contribution >= 4 is 17.7 Å². The largest absolute Gasteiger partial charge is 0.370 e. The number of nitrogens with one attached hydrogen (secondary N) is 1. The fraction of sp³-hybridized carbons (Fsp3) is 0.800. The number of carbonyl (C=O) groups excluding carboxylic acids is 1. The zero-order valence-electron chi connectivity index (χ0n) is 14.2. The highest BCUT2D eigenvalue weighted by atomic mass is 32.2. The summed E-state index contributed by atoms with van der Waals surface area (Å²) in [4.78, 5) is 12.5. The SMILES string of the molecule is CC(C)C[NH+]1CCO[C@H](CSc2nnc(CCC(N)=O)n2C)C1. The summed E-state index contributed by atoms with van der Waals surface area (Å²) in [6.45, 7) is 8.71. The fourth-order valence-electron chi connectivity index (χ4n) is 2.81. The van der Waals surface area contributed by atoms with Crippen LogP contribution in [-0.2, 0) is 23.0 Å². The van der Waals surface area contributed by atoms with E-state index in [4.69, 9.17) is 10.5 Å². The molecule has 1 unspecified atom stereocenters. The van der Waals surface area contributed by atoms with Crippen LogP contribution in [-0.4, -0.2) is 58.8 Å². The van der Waals surface area contributed by atoms with Gasteiger partial charge in [-0.25, -0.2) is 0 Å². The van der Waals surface area contributed by atoms with Crippen molar-refractivity contribution in [1.29, 1.82) is 0 Å². The van der Waals surface area contributed by atoms with Crippen LogP contribution in [0.15, 0.2) is 5.16 Å². The van der Waals surface area contributed by atoms with Crippen molar-refractivity contribution in [3.63, 3.8) is 0 Å². The van der Waals surface area contributed by atoms with E-state index in [1.807, 2.05) is 11.6 Å². The summed E-state index contributed by atoms with van der Waals surface area (Å²) >= 11 is 1.66. The highest BCUT2D eigenvalue weighted by molar-refractivity contribution is 7.99. The molecule has 130 valence electrons. The third kappa shape index (κ3) is 5.78. The third-order valence-electron chi connectivity index (χ3n) is 3.94. The number of rotatable bonds is 8. The molecule has 2 atom stereocenters. The Labute approximate surface area is 141 Å². The molecule has 1 aliphatic rings. The molecule has 0 spiro atoms. The molecule has 7 nitrogen and oxygen atoms in total. The number of aryl methyl sites for hydroxylation is 1. The van der Waals surface area contributed by atoms with Gasteiger partial charge in [0.05, 0.1) is 13.2 Å². The number of carbonyl (C=O) groups is 1. The number of aromatic nitrogens is 3. The molecule has 1 saturated heterocycles. The van der Waals surface area contributed by atoms with Gasteiger partial charge in [-0.05, 0) is 0 Å². The Morgan fingerprint density at radius 2 is 2.30 bits per heavy atom. The molecule has 1 aliphatic heterocycles. The van der Waals surface area contributed by atoms with Gasteiger partial charge >= 0.3 is 0 Å². The van der Waals surface area contributed by atoms with Crippen LogP contribution >= 0.6 is 11.8 Å². The molecule has 0 aliphatic carbocycles. The number of amides is 1. The number of nitrogens with two attached hydrogens (primary N) is 1. The minimum absolute atomic E-state index is 0.258. The lowest BCUT2D eigenvalue weighted by Gasteiger charge is -2.30. The number of thioether (sulfide) groups is 1. The molecule has 2 rings (SSSR count). The molecule has 1 fully saturated rings. The van der Waals surface area contributed by atoms with Crippen LogP contribution in [0.5, 0.6) is 0 Å². The lowest BCUT2D eigenvalue weighted by Crippen LogP contribution is -3.15. The smallest absolute Gasteiger partial charge is 0.217 e. The van der Waals surface area contributed by atoms with Crippen LogP contribution in [0.3, 0.4) is 0 Å². The van der Waals surface area contributed by atoms with Gasteiger partial charge in [-0.3, -0.25) is 4.79 Å². The first-order valence-corrected chi connectivity index (χ1v) is 9.18. The number of nitrogens with zero attached hydrogens (tertiary/aromatic N) is 3. The summed E-state index contributed by atoms with van der Waals surface area (Å²) in [5, 5.41) is 9.22. The Hall–Kier alpha value is -1.12. The average molecular weight is 342 g/mol. The second kappa shape index (κ2) is 8.65. The monoisotopic (exact) mass is 342 g/mol. The standard InChI is InChI=1S/C15H27N5O2S/c1-11(2)8-20-6-7-22-12(9-20)10-23-15-18-17-14(19(15)3)5-4-13(16)21/h11-12H,4-10H2,1-3H3,(H2,16,21)/p+1/t12-/m0/s1. The van der Waals surface area contributed by atoms with E-state index >= 15 is 0 Å². The molecule has 0 aromatic carbocycles. The van der Waals surface area contributed by atoms with Crippen molar-refractivity contribution in [2.24, 2.45) is 18.7 Å². The molecule has 3 N–H and O–H groups in total. The van der Waals surface area contributed by atoms with Crippen molar-refractivity contribution in [2.45, 2.75) is 37.9 Å². The van der Waals surface area contributed by atoms with E-state index < -0.39 is 0 Å². The van der Waals surface area contributed by atoms with Crippen molar-refractivity contribution in [3.8, 4) is 0 Å². The van der Waals surface area contributed by atoms with E-state index in [1.165, 1.54) is 6.54 Å². The summed E-state index contributed by atoms with van der Waals surface area (Å²) in [6, 6.07) is 0. The molecule has 1 aromatic heterocycles. The van der Waals surface area contributed by atoms with E-state index in [9.17, 15) is 4.79 Å². The van der Waals surface area contributed by atoms with Crippen LogP contribution in [0.1, 0.15) is 26.1 Å². The lowest BCUT2D eigenvalue weighted by atomic mass is 10.2. The Morgan fingerprint density at radius 1 is 1.52 bits per heavy atom. The van der Waals surface area contributed by atoms with Crippen molar-refractivity contribution in [1.82, 2.24) is 14.8 Å². The summed E-state index contributed by atoms with van der Waals surface area (Å²) in [6.07, 6.45) is 1.09. The van der Waals surface area contributed by atoms with E-state index in [0.717, 1.165) is 36.4 Å². The second-order valence-electron chi connectivity index (χ2n) is 6.53. The Balaban J connectivity index is 1.82. The maximum absolute atomic E-state index is 10.9. The fourth-order valence-corrected chi connectivity index (χ4v) is 3.76. The minimum Gasteiger partial charge on any atom is -0.370 e. The maximum atomic E-state index is 10.9. The van der Waals surface area contributed by atoms with Crippen molar-refractivity contribution < 1.29 is 14.4 Å². The molecule has 2 heterocycles. The Bertz CT molecular complexity index is 520. The number of morpholine rings is 1. The van der Waals surface area contributed by atoms with Gasteiger partial charge in [-0.1, -0.05) is 25.6 Å². The molecular weight excluding hydrogens is 314 g/mol. The first-order valence-electron chi connectivity index (χ1n) is 8.20. The molecule has 0 saturated carbocycles. The normalized spacial score (nSPS) is 21.7. The number of quaternary nitrogens is 1. The van der Waals surface area contributed by atoms with Gasteiger partial charge in [0.1, 0.15) is 25.0 Å². The molecule has 1 aromatic rings. The van der Waals surface area contributed by atoms with Gasteiger partial charge in [0.25, 0.3) is 0 Å². The molecule has 0 bridgehead atoms. The van der Waals surface area contributed by atoms with Crippen LogP contribution < -0.4 is 10.6 Å². The number of hydrogen-bond donors (Lipinski definition) is 2. The highest BCUT2D eigenvalue weighted by Crippen LogP contribution is 2.18. The van der Waals surface area contributed by atoms with Crippen LogP contribution in [0.4, 0.5) is 0 Å². The van der Waals surface area contributed by atoms with E-state index in [1.54, 1.807) is 16.7 Å². The second-order valence-corrected chi connectivity index (χ2v) is 7.52. The molecule has 0 radical (unpaired) electrons. The van der Waals surface area contributed by atoms with Gasteiger partial charge in [0, 0.05) is 31.6 Å². The van der Waals surface area contributed by atoms with Crippen LogP contribution in [0.25, 0.3) is 0 Å². The average Bonchev–Trinajstić information content (AvgIpc) is 2.83. The van der Waals surface area contributed by atoms with Crippen molar-refractivity contribution in [2.75, 3.05) is 32.0 Å². The molecule has 23 heavy (non-hydrogen) atoms. The summed E-state index contributed by atoms with van der Waals surface area (Å²) in [5.41, 5.74) is 5.18. The zero-order chi connectivity index (χ0) is 16.8. The van der Waals surface area contributed by atoms with E-state index in [2.05, 4.69) is 24.0 Å². The summed E-state index contributed by atoms with van der Waals surface area (Å²) in [7, 11) is 1.93. The highest BCUT2D eigenvalue weighted by Gasteiger charge is 2.25. The van der Waals surface area contributed by atoms with Crippen molar-refractivity contribution in [3.05, 3.63) is 5.82 Å². The molecule has 8 heteroatoms. The quantitative estimate of drug-likeness (QED) is 0.608. The van der Waals surface area contributed by atoms with Crippen LogP contribution in [0.2, 0.25) is 0 Å². The van der Waals surface area contributed by atoms with Gasteiger partial charge in [-0.15, -0.1) is 10.2 Å². The number of primary amides is 1. The lowest BCUT2D eigenvalue weighted by molar-refractivity contribution is -0.914. The third-order valence-corrected chi connectivity index (χ3v) is 5.09. The van der Waals surface area contributed by atoms with Crippen LogP contribution in [0, 0.1) is 5.92 Å². The van der Waals surface area contributed by atoms with Gasteiger partial charge < -0.3 is 19.9 Å². The summed E-state index contributed by atoms with van der Waals surface area (Å²) < 4.78 is 7.82. The summed E-state index contributed by atoms with van der Waals surface area (Å²) in [5.74, 6) is 2.07. The zero-order valence-corrected chi connectivity index (χ0v) is 15.1. The Morgan fingerprint density at radius 3 is 3.00 bits per heavy atom.